The highest BCUT2D eigenvalue weighted by molar-refractivity contribution is 7.30. The highest BCUT2D eigenvalue weighted by Crippen LogP contribution is 2.06. The lowest BCUT2D eigenvalue weighted by atomic mass is 10.7. The Labute approximate surface area is 84.2 Å². The van der Waals surface area contributed by atoms with E-state index in [9.17, 15) is 9.46 Å². The van der Waals surface area contributed by atoms with Crippen LogP contribution in [0.25, 0.3) is 0 Å². The third-order valence-electron chi connectivity index (χ3n) is 1.35. The Hall–Kier alpha value is -1.19. The second-order valence-corrected chi connectivity index (χ2v) is 3.06. The van der Waals surface area contributed by atoms with E-state index in [1.54, 1.807) is 0 Å². The first-order chi connectivity index (χ1) is 6.60. The maximum absolute atomic E-state index is 9.34. The van der Waals surface area contributed by atoms with Gasteiger partial charge in [-0.25, -0.2) is 9.13 Å². The summed E-state index contributed by atoms with van der Waals surface area (Å²) in [5, 5.41) is 0. The van der Waals surface area contributed by atoms with Gasteiger partial charge in [0.25, 0.3) is 0 Å². The molecule has 1 aromatic heterocycles. The van der Waals surface area contributed by atoms with Gasteiger partial charge in [-0.2, -0.15) is 0 Å². The first kappa shape index (κ1) is 12.8. The Morgan fingerprint density at radius 2 is 2.43 bits per heavy atom. The second-order valence-electron chi connectivity index (χ2n) is 2.41. The lowest BCUT2D eigenvalue weighted by molar-refractivity contribution is -0.671. The van der Waals surface area contributed by atoms with E-state index in [0.29, 0.717) is 0 Å². The van der Waals surface area contributed by atoms with Gasteiger partial charge in [-0.15, -0.1) is 0 Å². The highest BCUT2D eigenvalue weighted by atomic mass is 31.1. The van der Waals surface area contributed by atoms with Crippen molar-refractivity contribution >= 4 is 8.25 Å². The molecule has 0 aliphatic rings. The van der Waals surface area contributed by atoms with Crippen molar-refractivity contribution in [1.29, 1.82) is 0 Å². The molecule has 6 heteroatoms. The molecule has 1 heterocycles. The topological polar surface area (TPSA) is 58.2 Å². The summed E-state index contributed by atoms with van der Waals surface area (Å²) in [6, 6.07) is 0. The number of rotatable bonds is 3. The van der Waals surface area contributed by atoms with Gasteiger partial charge in [0.15, 0.2) is 0 Å². The number of hydrogen-bond donors (Lipinski definition) is 0. The summed E-state index contributed by atoms with van der Waals surface area (Å²) in [6.45, 7) is 6.18. The summed E-state index contributed by atoms with van der Waals surface area (Å²) < 4.78 is 17.3. The minimum Gasteiger partial charge on any atom is -0.558 e. The summed E-state index contributed by atoms with van der Waals surface area (Å²) in [5.41, 5.74) is 0. The quantitative estimate of drug-likeness (QED) is 0.420. The lowest BCUT2D eigenvalue weighted by Gasteiger charge is -1.81. The second kappa shape index (κ2) is 7.24. The average Bonchev–Trinajstić information content (AvgIpc) is 2.52. The molecule has 0 bridgehead atoms. The molecule has 0 spiro atoms. The predicted octanol–water partition coefficient (Wildman–Crippen LogP) is 0.497. The Morgan fingerprint density at radius 1 is 1.79 bits per heavy atom. The van der Waals surface area contributed by atoms with Gasteiger partial charge in [0, 0.05) is 0 Å². The maximum atomic E-state index is 9.34. The lowest BCUT2D eigenvalue weighted by Crippen LogP contribution is -2.23. The average molecular weight is 217 g/mol. The van der Waals surface area contributed by atoms with Crippen LogP contribution in [0.15, 0.2) is 31.6 Å². The molecule has 0 aliphatic carbocycles. The van der Waals surface area contributed by atoms with E-state index in [-0.39, 0.29) is 0 Å². The molecule has 1 rings (SSSR count). The molecule has 5 nitrogen and oxygen atoms in total. The number of hydrogen-bond acceptors (Lipinski definition) is 3. The Bertz CT molecular complexity index is 299. The van der Waals surface area contributed by atoms with Gasteiger partial charge in [-0.3, -0.25) is 4.52 Å². The Kier molecular flexibility index (Phi) is 6.62. The van der Waals surface area contributed by atoms with Gasteiger partial charge >= 0.3 is 8.25 Å². The van der Waals surface area contributed by atoms with Gasteiger partial charge in [-0.1, -0.05) is 6.58 Å². The van der Waals surface area contributed by atoms with Crippen molar-refractivity contribution in [2.45, 2.75) is 13.5 Å². The van der Waals surface area contributed by atoms with E-state index in [0.717, 1.165) is 12.8 Å². The molecule has 14 heavy (non-hydrogen) atoms. The molecule has 0 saturated heterocycles. The molecule has 1 atom stereocenters. The minimum absolute atomic E-state index is 0.853. The smallest absolute Gasteiger partial charge is 0.538 e. The largest absolute Gasteiger partial charge is 0.558 e. The fourth-order valence-electron chi connectivity index (χ4n) is 0.750. The van der Waals surface area contributed by atoms with Crippen LogP contribution in [-0.4, -0.2) is 4.57 Å². The minimum atomic E-state index is -2.72. The van der Waals surface area contributed by atoms with Crippen LogP contribution >= 0.6 is 8.25 Å². The zero-order chi connectivity index (χ0) is 11.0. The van der Waals surface area contributed by atoms with Gasteiger partial charge in [0.05, 0.1) is 13.6 Å². The molecule has 0 radical (unpaired) electrons. The zero-order valence-corrected chi connectivity index (χ0v) is 9.18. The van der Waals surface area contributed by atoms with E-state index >= 15 is 0 Å². The predicted molar refractivity (Wildman–Crippen MR) is 50.2 cm³/mol. The molecule has 0 aliphatic heterocycles. The summed E-state index contributed by atoms with van der Waals surface area (Å²) in [7, 11) is -0.699. The monoisotopic (exact) mass is 217 g/mol. The van der Waals surface area contributed by atoms with Crippen LogP contribution in [0.4, 0.5) is 0 Å². The van der Waals surface area contributed by atoms with Crippen LogP contribution in [0.2, 0.25) is 0 Å². The molecule has 0 saturated carbocycles. The Balaban J connectivity index is 0.000000255. The third-order valence-corrected chi connectivity index (χ3v) is 1.67. The van der Waals surface area contributed by atoms with Crippen molar-refractivity contribution in [3.63, 3.8) is 0 Å². The van der Waals surface area contributed by atoms with Gasteiger partial charge in [0.2, 0.25) is 6.33 Å². The van der Waals surface area contributed by atoms with Gasteiger partial charge in [-0.05, 0) is 11.5 Å². The summed E-state index contributed by atoms with van der Waals surface area (Å²) in [6.07, 6.45) is 7.00. The number of aryl methyl sites for hydroxylation is 2. The van der Waals surface area contributed by atoms with Crippen LogP contribution in [0.3, 0.4) is 0 Å². The fraction of sp³-hybridized carbons (Fsp3) is 0.375. The summed E-state index contributed by atoms with van der Waals surface area (Å²) >= 11 is 0. The molecule has 0 aromatic carbocycles. The Morgan fingerprint density at radius 3 is 2.57 bits per heavy atom. The van der Waals surface area contributed by atoms with E-state index in [1.807, 2.05) is 17.8 Å². The van der Waals surface area contributed by atoms with Crippen molar-refractivity contribution in [1.82, 2.24) is 4.57 Å². The molecule has 78 valence electrons. The van der Waals surface area contributed by atoms with E-state index in [4.69, 9.17) is 0 Å². The van der Waals surface area contributed by atoms with Crippen molar-refractivity contribution in [2.24, 2.45) is 7.05 Å². The van der Waals surface area contributed by atoms with E-state index in [1.165, 1.54) is 0 Å². The van der Waals surface area contributed by atoms with Crippen LogP contribution in [0.1, 0.15) is 6.92 Å². The van der Waals surface area contributed by atoms with E-state index < -0.39 is 8.25 Å². The number of imidazole rings is 1. The number of nitrogens with zero attached hydrogens (tertiary/aromatic N) is 2. The molecule has 0 N–H and O–H groups in total. The third kappa shape index (κ3) is 6.34. The van der Waals surface area contributed by atoms with E-state index in [2.05, 4.69) is 35.1 Å². The molecular formula is C8H14N2O3P+. The SMILES string of the molecule is C=CO[P+](=O)[O-].CCn1cc[n+](C)c1. The van der Waals surface area contributed by atoms with Crippen LogP contribution in [0.5, 0.6) is 0 Å². The first-order valence-corrected chi connectivity index (χ1v) is 5.12. The van der Waals surface area contributed by atoms with Crippen molar-refractivity contribution in [3.8, 4) is 0 Å². The molecule has 1 aromatic rings. The van der Waals surface area contributed by atoms with Crippen LogP contribution < -0.4 is 9.46 Å². The zero-order valence-electron chi connectivity index (χ0n) is 8.29. The highest BCUT2D eigenvalue weighted by Gasteiger charge is 1.92. The number of aromatic nitrogens is 2. The van der Waals surface area contributed by atoms with Crippen molar-refractivity contribution < 1.29 is 18.5 Å². The van der Waals surface area contributed by atoms with Gasteiger partial charge < -0.3 is 4.89 Å². The molecule has 0 amide bonds. The summed E-state index contributed by atoms with van der Waals surface area (Å²) in [5.74, 6) is 0. The molecular weight excluding hydrogens is 203 g/mol. The summed E-state index contributed by atoms with van der Waals surface area (Å²) in [4.78, 5) is 9.34. The first-order valence-electron chi connectivity index (χ1n) is 4.03. The van der Waals surface area contributed by atoms with Crippen LogP contribution in [0, 0.1) is 0 Å². The maximum Gasteiger partial charge on any atom is 0.538 e. The fourth-order valence-corrected chi connectivity index (χ4v) is 0.871. The molecule has 0 fully saturated rings. The van der Waals surface area contributed by atoms with Crippen molar-refractivity contribution in [3.05, 3.63) is 31.6 Å². The normalized spacial score (nSPS) is 9.79. The van der Waals surface area contributed by atoms with Crippen LogP contribution in [-0.2, 0) is 22.7 Å². The van der Waals surface area contributed by atoms with Gasteiger partial charge in [0.1, 0.15) is 18.7 Å². The van der Waals surface area contributed by atoms with Crippen molar-refractivity contribution in [2.75, 3.05) is 0 Å². The standard InChI is InChI=1S/C6H11N2.C2H3O3P/c1-3-8-5-4-7(2)6-8;1-2-5-6(3)4/h4-6H,3H2,1-2H3;2H,1H2/q+1;. The molecule has 1 unspecified atom stereocenters.